The van der Waals surface area contributed by atoms with Crippen LogP contribution in [0.2, 0.25) is 0 Å². The van der Waals surface area contributed by atoms with E-state index in [9.17, 15) is 13.2 Å². The summed E-state index contributed by atoms with van der Waals surface area (Å²) in [6.45, 7) is 2.59. The first kappa shape index (κ1) is 20.8. The molecular weight excluding hydrogens is 420 g/mol. The molecule has 0 unspecified atom stereocenters. The van der Waals surface area contributed by atoms with Crippen LogP contribution in [0.1, 0.15) is 23.3 Å². The van der Waals surface area contributed by atoms with E-state index in [0.29, 0.717) is 30.1 Å². The largest absolute Gasteiger partial charge is 0.497 e. The molecule has 1 atom stereocenters. The number of thiophene rings is 1. The second-order valence-electron chi connectivity index (χ2n) is 7.40. The van der Waals surface area contributed by atoms with Crippen LogP contribution in [0.25, 0.3) is 10.8 Å². The number of benzene rings is 2. The van der Waals surface area contributed by atoms with Crippen molar-refractivity contribution in [2.24, 2.45) is 0 Å². The van der Waals surface area contributed by atoms with Crippen LogP contribution < -0.4 is 10.1 Å². The number of fused-ring (bicyclic) bond motifs is 1. The maximum absolute atomic E-state index is 13.0. The zero-order valence-electron chi connectivity index (χ0n) is 16.9. The van der Waals surface area contributed by atoms with Gasteiger partial charge in [0.05, 0.1) is 7.11 Å². The summed E-state index contributed by atoms with van der Waals surface area (Å²) in [4.78, 5) is 13.8. The number of nitrogens with one attached hydrogen (secondary N) is 1. The van der Waals surface area contributed by atoms with Crippen molar-refractivity contribution in [2.75, 3.05) is 13.7 Å². The molecule has 0 bridgehead atoms. The summed E-state index contributed by atoms with van der Waals surface area (Å²) in [7, 11) is -2.02. The van der Waals surface area contributed by atoms with Crippen LogP contribution >= 0.6 is 11.3 Å². The molecule has 8 heteroatoms. The van der Waals surface area contributed by atoms with Crippen molar-refractivity contribution < 1.29 is 17.9 Å². The molecule has 1 fully saturated rings. The Morgan fingerprint density at radius 2 is 1.93 bits per heavy atom. The van der Waals surface area contributed by atoms with Crippen molar-refractivity contribution in [1.29, 1.82) is 0 Å². The van der Waals surface area contributed by atoms with Crippen LogP contribution in [-0.2, 0) is 21.4 Å². The molecule has 0 spiro atoms. The Hall–Kier alpha value is -2.42. The van der Waals surface area contributed by atoms with Crippen molar-refractivity contribution in [3.05, 3.63) is 59.0 Å². The lowest BCUT2D eigenvalue weighted by Crippen LogP contribution is -2.45. The molecule has 0 saturated carbocycles. The summed E-state index contributed by atoms with van der Waals surface area (Å²) in [5.41, 5.74) is 0.960. The smallest absolute Gasteiger partial charge is 0.253 e. The molecule has 1 aliphatic heterocycles. The number of aryl methyl sites for hydroxylation is 1. The first-order valence-corrected chi connectivity index (χ1v) is 12.1. The monoisotopic (exact) mass is 444 g/mol. The second-order valence-corrected chi connectivity index (χ2v) is 10.8. The first-order valence-electron chi connectivity index (χ1n) is 9.81. The molecular formula is C22H24N2O4S2. The molecule has 1 N–H and O–H groups in total. The van der Waals surface area contributed by atoms with Gasteiger partial charge in [0.2, 0.25) is 5.91 Å². The van der Waals surface area contributed by atoms with E-state index in [1.165, 1.54) is 15.6 Å². The molecule has 30 heavy (non-hydrogen) atoms. The molecule has 2 aromatic carbocycles. The molecule has 2 heterocycles. The third kappa shape index (κ3) is 4.08. The van der Waals surface area contributed by atoms with Gasteiger partial charge < -0.3 is 10.1 Å². The standard InChI is InChI=1S/C22H24N2O4S2/c1-15-5-10-21(29-15)30(26,27)24-11-3-4-20(24)22(25)23-14-16-6-7-18-13-19(28-2)9-8-17(18)12-16/h5-10,12-13,20H,3-4,11,14H2,1-2H3,(H,23,25)/t20-/m0/s1. The minimum absolute atomic E-state index is 0.251. The van der Waals surface area contributed by atoms with Gasteiger partial charge in [-0.3, -0.25) is 4.79 Å². The fraction of sp³-hybridized carbons (Fsp3) is 0.318. The fourth-order valence-electron chi connectivity index (χ4n) is 3.77. The number of carbonyl (C=O) groups excluding carboxylic acids is 1. The number of carbonyl (C=O) groups is 1. The number of methoxy groups -OCH3 is 1. The summed E-state index contributed by atoms with van der Waals surface area (Å²) in [6.07, 6.45) is 1.21. The summed E-state index contributed by atoms with van der Waals surface area (Å²) in [6, 6.07) is 14.6. The highest BCUT2D eigenvalue weighted by Crippen LogP contribution is 2.30. The zero-order chi connectivity index (χ0) is 21.3. The highest BCUT2D eigenvalue weighted by atomic mass is 32.2. The molecule has 1 aromatic heterocycles. The van der Waals surface area contributed by atoms with E-state index in [0.717, 1.165) is 27.0 Å². The maximum Gasteiger partial charge on any atom is 0.253 e. The lowest BCUT2D eigenvalue weighted by molar-refractivity contribution is -0.124. The lowest BCUT2D eigenvalue weighted by Gasteiger charge is -2.22. The van der Waals surface area contributed by atoms with Crippen LogP contribution in [0.3, 0.4) is 0 Å². The molecule has 0 radical (unpaired) electrons. The molecule has 3 aromatic rings. The quantitative estimate of drug-likeness (QED) is 0.629. The highest BCUT2D eigenvalue weighted by molar-refractivity contribution is 7.91. The van der Waals surface area contributed by atoms with Gasteiger partial charge in [-0.15, -0.1) is 11.3 Å². The van der Waals surface area contributed by atoms with Crippen molar-refractivity contribution in [1.82, 2.24) is 9.62 Å². The minimum Gasteiger partial charge on any atom is -0.497 e. The van der Waals surface area contributed by atoms with Gasteiger partial charge >= 0.3 is 0 Å². The van der Waals surface area contributed by atoms with Crippen LogP contribution in [0, 0.1) is 6.92 Å². The van der Waals surface area contributed by atoms with Gasteiger partial charge in [0.1, 0.15) is 16.0 Å². The predicted octanol–water partition coefficient (Wildman–Crippen LogP) is 3.69. The number of amides is 1. The van der Waals surface area contributed by atoms with Crippen LogP contribution in [-0.4, -0.2) is 38.3 Å². The van der Waals surface area contributed by atoms with E-state index in [1.807, 2.05) is 43.3 Å². The number of hydrogen-bond donors (Lipinski definition) is 1. The molecule has 0 aliphatic carbocycles. The van der Waals surface area contributed by atoms with E-state index in [4.69, 9.17) is 4.74 Å². The van der Waals surface area contributed by atoms with Crippen LogP contribution in [0.15, 0.2) is 52.7 Å². The van der Waals surface area contributed by atoms with Gasteiger partial charge in [-0.25, -0.2) is 8.42 Å². The Balaban J connectivity index is 1.46. The van der Waals surface area contributed by atoms with Gasteiger partial charge in [-0.1, -0.05) is 18.2 Å². The van der Waals surface area contributed by atoms with E-state index in [1.54, 1.807) is 19.2 Å². The summed E-state index contributed by atoms with van der Waals surface area (Å²) in [5, 5.41) is 5.04. The fourth-order valence-corrected chi connectivity index (χ4v) is 6.84. The normalized spacial score (nSPS) is 17.3. The number of nitrogens with zero attached hydrogens (tertiary/aromatic N) is 1. The van der Waals surface area contributed by atoms with Crippen molar-refractivity contribution in [3.8, 4) is 5.75 Å². The molecule has 6 nitrogen and oxygen atoms in total. The molecule has 1 saturated heterocycles. The van der Waals surface area contributed by atoms with Crippen molar-refractivity contribution >= 4 is 38.0 Å². The number of ether oxygens (including phenoxy) is 1. The van der Waals surface area contributed by atoms with E-state index in [-0.39, 0.29) is 5.91 Å². The van der Waals surface area contributed by atoms with Crippen LogP contribution in [0.5, 0.6) is 5.75 Å². The maximum atomic E-state index is 13.0. The number of rotatable bonds is 6. The van der Waals surface area contributed by atoms with Crippen LogP contribution in [0.4, 0.5) is 0 Å². The molecule has 4 rings (SSSR count). The van der Waals surface area contributed by atoms with E-state index >= 15 is 0 Å². The highest BCUT2D eigenvalue weighted by Gasteiger charge is 2.39. The zero-order valence-corrected chi connectivity index (χ0v) is 18.6. The average molecular weight is 445 g/mol. The Morgan fingerprint density at radius 1 is 1.17 bits per heavy atom. The molecule has 158 valence electrons. The van der Waals surface area contributed by atoms with Crippen molar-refractivity contribution in [2.45, 2.75) is 36.6 Å². The second kappa shape index (κ2) is 8.37. The Morgan fingerprint density at radius 3 is 2.67 bits per heavy atom. The summed E-state index contributed by atoms with van der Waals surface area (Å²) >= 11 is 1.24. The average Bonchev–Trinajstić information content (AvgIpc) is 3.41. The SMILES string of the molecule is COc1ccc2cc(CNC(=O)[C@@H]3CCCN3S(=O)(=O)c3ccc(C)s3)ccc2c1. The summed E-state index contributed by atoms with van der Waals surface area (Å²) < 4.78 is 32.9. The Bertz CT molecular complexity index is 1190. The van der Waals surface area contributed by atoms with Crippen molar-refractivity contribution in [3.63, 3.8) is 0 Å². The van der Waals surface area contributed by atoms with Gasteiger partial charge in [-0.05, 0) is 66.4 Å². The lowest BCUT2D eigenvalue weighted by atomic mass is 10.1. The first-order chi connectivity index (χ1) is 14.4. The van der Waals surface area contributed by atoms with Gasteiger partial charge in [0.25, 0.3) is 10.0 Å². The van der Waals surface area contributed by atoms with Gasteiger partial charge in [0, 0.05) is 18.0 Å². The summed E-state index contributed by atoms with van der Waals surface area (Å²) in [5.74, 6) is 0.547. The predicted molar refractivity (Wildman–Crippen MR) is 118 cm³/mol. The van der Waals surface area contributed by atoms with E-state index < -0.39 is 16.1 Å². The third-order valence-corrected chi connectivity index (χ3v) is 8.74. The number of sulfonamides is 1. The third-order valence-electron chi connectivity index (χ3n) is 5.36. The Kier molecular flexibility index (Phi) is 5.81. The van der Waals surface area contributed by atoms with E-state index in [2.05, 4.69) is 5.32 Å². The molecule has 1 aliphatic rings. The number of hydrogen-bond acceptors (Lipinski definition) is 5. The topological polar surface area (TPSA) is 75.7 Å². The molecule has 1 amide bonds. The van der Waals surface area contributed by atoms with Gasteiger partial charge in [-0.2, -0.15) is 4.31 Å². The minimum atomic E-state index is -3.65. The van der Waals surface area contributed by atoms with Gasteiger partial charge in [0.15, 0.2) is 0 Å². The Labute approximate surface area is 180 Å².